The molecule has 1 atom stereocenters. The number of rotatable bonds is 5. The van der Waals surface area contributed by atoms with Gasteiger partial charge in [-0.15, -0.1) is 0 Å². The van der Waals surface area contributed by atoms with Gasteiger partial charge in [0.05, 0.1) is 6.54 Å². The second-order valence-electron chi connectivity index (χ2n) is 6.20. The van der Waals surface area contributed by atoms with Gasteiger partial charge in [-0.05, 0) is 24.3 Å². The largest absolute Gasteiger partial charge is 0.365 e. The molecule has 2 rings (SSSR count). The van der Waals surface area contributed by atoms with Crippen LogP contribution in [0.25, 0.3) is 0 Å². The molecule has 0 spiro atoms. The third-order valence-corrected chi connectivity index (χ3v) is 4.10. The highest BCUT2D eigenvalue weighted by Gasteiger charge is 2.24. The predicted molar refractivity (Wildman–Crippen MR) is 82.6 cm³/mol. The Morgan fingerprint density at radius 1 is 1.47 bits per heavy atom. The molecule has 19 heavy (non-hydrogen) atoms. The molecule has 1 aromatic heterocycles. The Morgan fingerprint density at radius 3 is 3.00 bits per heavy atom. The smallest absolute Gasteiger partial charge is 0.156 e. The first-order valence-corrected chi connectivity index (χ1v) is 7.83. The maximum Gasteiger partial charge on any atom is 0.156 e. The molecule has 0 bridgehead atoms. The van der Waals surface area contributed by atoms with Crippen LogP contribution in [0.15, 0.2) is 23.5 Å². The quantitative estimate of drug-likeness (QED) is 0.843. The van der Waals surface area contributed by atoms with Crippen molar-refractivity contribution in [2.75, 3.05) is 13.1 Å². The van der Waals surface area contributed by atoms with Gasteiger partial charge in [0.25, 0.3) is 0 Å². The average molecular weight is 280 g/mol. The number of nitrogens with zero attached hydrogens (tertiary/aromatic N) is 3. The summed E-state index contributed by atoms with van der Waals surface area (Å²) in [6.45, 7) is 9.77. The van der Waals surface area contributed by atoms with Gasteiger partial charge in [0, 0.05) is 30.7 Å². The maximum absolute atomic E-state index is 4.58. The standard InChI is InChI=1S/C14H24N4S/c1-14(2,3)10-12-11-16-13(19-12)15-6-4-8-18-9-5-7-17-18/h5,7,9,12H,4,6,8,10-11H2,1-3H3,(H,15,16). The number of thioether (sulfide) groups is 1. The van der Waals surface area contributed by atoms with Crippen molar-refractivity contribution in [1.82, 2.24) is 15.1 Å². The van der Waals surface area contributed by atoms with Crippen LogP contribution in [0.4, 0.5) is 0 Å². The lowest BCUT2D eigenvalue weighted by Crippen LogP contribution is -2.22. The van der Waals surface area contributed by atoms with E-state index < -0.39 is 0 Å². The van der Waals surface area contributed by atoms with Gasteiger partial charge in [-0.2, -0.15) is 5.10 Å². The second-order valence-corrected chi connectivity index (χ2v) is 7.49. The number of nitrogens with one attached hydrogen (secondary N) is 1. The van der Waals surface area contributed by atoms with E-state index in [0.717, 1.165) is 31.2 Å². The lowest BCUT2D eigenvalue weighted by atomic mass is 9.90. The monoisotopic (exact) mass is 280 g/mol. The van der Waals surface area contributed by atoms with Crippen LogP contribution < -0.4 is 5.32 Å². The van der Waals surface area contributed by atoms with Crippen LogP contribution in [0.1, 0.15) is 33.6 Å². The summed E-state index contributed by atoms with van der Waals surface area (Å²) in [5.74, 6) is 0. The van der Waals surface area contributed by atoms with Crippen LogP contribution in [-0.2, 0) is 6.54 Å². The van der Waals surface area contributed by atoms with Crippen LogP contribution >= 0.6 is 11.8 Å². The highest BCUT2D eigenvalue weighted by atomic mass is 32.2. The van der Waals surface area contributed by atoms with Gasteiger partial charge in [-0.1, -0.05) is 32.5 Å². The molecule has 4 nitrogen and oxygen atoms in total. The van der Waals surface area contributed by atoms with Crippen molar-refractivity contribution in [3.8, 4) is 0 Å². The zero-order valence-electron chi connectivity index (χ0n) is 12.1. The molecule has 0 saturated carbocycles. The van der Waals surface area contributed by atoms with E-state index in [1.54, 1.807) is 0 Å². The van der Waals surface area contributed by atoms with E-state index in [2.05, 4.69) is 36.2 Å². The van der Waals surface area contributed by atoms with Crippen molar-refractivity contribution >= 4 is 16.9 Å². The summed E-state index contributed by atoms with van der Waals surface area (Å²) in [5.41, 5.74) is 0.392. The molecule has 1 N–H and O–H groups in total. The molecule has 1 aliphatic heterocycles. The zero-order chi connectivity index (χ0) is 13.7. The number of aryl methyl sites for hydroxylation is 1. The van der Waals surface area contributed by atoms with Crippen molar-refractivity contribution in [2.45, 2.75) is 45.4 Å². The molecule has 1 aromatic rings. The third-order valence-electron chi connectivity index (χ3n) is 2.96. The molecule has 1 unspecified atom stereocenters. The third kappa shape index (κ3) is 5.27. The zero-order valence-corrected chi connectivity index (χ0v) is 12.9. The molecule has 0 radical (unpaired) electrons. The molecule has 0 amide bonds. The fourth-order valence-electron chi connectivity index (χ4n) is 2.17. The Kier molecular flexibility index (Phi) is 4.91. The van der Waals surface area contributed by atoms with Crippen LogP contribution in [0.3, 0.4) is 0 Å². The van der Waals surface area contributed by atoms with Crippen LogP contribution in [-0.4, -0.2) is 33.3 Å². The highest BCUT2D eigenvalue weighted by Crippen LogP contribution is 2.31. The van der Waals surface area contributed by atoms with Gasteiger partial charge in [-0.3, -0.25) is 9.67 Å². The van der Waals surface area contributed by atoms with E-state index in [9.17, 15) is 0 Å². The van der Waals surface area contributed by atoms with Crippen molar-refractivity contribution in [1.29, 1.82) is 0 Å². The maximum atomic E-state index is 4.58. The molecule has 0 aromatic carbocycles. The van der Waals surface area contributed by atoms with Gasteiger partial charge in [0.15, 0.2) is 5.17 Å². The number of aliphatic imine (C=N–C) groups is 1. The summed E-state index contributed by atoms with van der Waals surface area (Å²) in [7, 11) is 0. The van der Waals surface area contributed by atoms with Crippen LogP contribution in [0.5, 0.6) is 0 Å². The summed E-state index contributed by atoms with van der Waals surface area (Å²) in [4.78, 5) is 4.58. The SMILES string of the molecule is CC(C)(C)CC1CN=C(NCCCn2cccn2)S1. The lowest BCUT2D eigenvalue weighted by molar-refractivity contribution is 0.375. The minimum Gasteiger partial charge on any atom is -0.365 e. The summed E-state index contributed by atoms with van der Waals surface area (Å²) >= 11 is 1.90. The Morgan fingerprint density at radius 2 is 2.32 bits per heavy atom. The predicted octanol–water partition coefficient (Wildman–Crippen LogP) is 2.77. The number of amidine groups is 1. The first-order chi connectivity index (χ1) is 9.03. The summed E-state index contributed by atoms with van der Waals surface area (Å²) in [5, 5.41) is 9.39. The molecular weight excluding hydrogens is 256 g/mol. The van der Waals surface area contributed by atoms with E-state index in [-0.39, 0.29) is 0 Å². The summed E-state index contributed by atoms with van der Waals surface area (Å²) in [6, 6.07) is 1.96. The number of hydrogen-bond acceptors (Lipinski definition) is 4. The molecule has 0 saturated heterocycles. The van der Waals surface area contributed by atoms with Crippen molar-refractivity contribution in [3.63, 3.8) is 0 Å². The minimum atomic E-state index is 0.392. The van der Waals surface area contributed by atoms with Gasteiger partial charge in [0.2, 0.25) is 0 Å². The van der Waals surface area contributed by atoms with Gasteiger partial charge in [-0.25, -0.2) is 0 Å². The average Bonchev–Trinajstić information content (AvgIpc) is 2.94. The van der Waals surface area contributed by atoms with E-state index in [0.29, 0.717) is 10.7 Å². The Hall–Kier alpha value is -0.970. The summed E-state index contributed by atoms with van der Waals surface area (Å²) in [6.07, 6.45) is 6.12. The normalized spacial score (nSPS) is 19.5. The summed E-state index contributed by atoms with van der Waals surface area (Å²) < 4.78 is 1.97. The first kappa shape index (κ1) is 14.4. The van der Waals surface area contributed by atoms with Gasteiger partial charge < -0.3 is 5.32 Å². The van der Waals surface area contributed by atoms with Crippen molar-refractivity contribution in [3.05, 3.63) is 18.5 Å². The fraction of sp³-hybridized carbons (Fsp3) is 0.714. The van der Waals surface area contributed by atoms with Crippen molar-refractivity contribution in [2.24, 2.45) is 10.4 Å². The Balaban J connectivity index is 1.60. The van der Waals surface area contributed by atoms with E-state index in [4.69, 9.17) is 0 Å². The Bertz CT molecular complexity index is 406. The molecular formula is C14H24N4S. The number of hydrogen-bond donors (Lipinski definition) is 1. The van der Waals surface area contributed by atoms with E-state index in [1.165, 1.54) is 6.42 Å². The van der Waals surface area contributed by atoms with E-state index >= 15 is 0 Å². The van der Waals surface area contributed by atoms with E-state index in [1.807, 2.05) is 34.9 Å². The van der Waals surface area contributed by atoms with Crippen LogP contribution in [0.2, 0.25) is 0 Å². The number of aromatic nitrogens is 2. The minimum absolute atomic E-state index is 0.392. The Labute approximate surface area is 120 Å². The van der Waals surface area contributed by atoms with Gasteiger partial charge >= 0.3 is 0 Å². The second kappa shape index (κ2) is 6.46. The van der Waals surface area contributed by atoms with Crippen LogP contribution in [0, 0.1) is 5.41 Å². The first-order valence-electron chi connectivity index (χ1n) is 6.95. The highest BCUT2D eigenvalue weighted by molar-refractivity contribution is 8.14. The van der Waals surface area contributed by atoms with Crippen molar-refractivity contribution < 1.29 is 0 Å². The molecule has 106 valence electrons. The lowest BCUT2D eigenvalue weighted by Gasteiger charge is -2.21. The van der Waals surface area contributed by atoms with Gasteiger partial charge in [0.1, 0.15) is 0 Å². The molecule has 1 aliphatic rings. The fourth-order valence-corrected chi connectivity index (χ4v) is 3.56. The molecule has 0 aliphatic carbocycles. The molecule has 5 heteroatoms. The molecule has 2 heterocycles. The molecule has 0 fully saturated rings. The topological polar surface area (TPSA) is 42.2 Å².